The first-order valence-electron chi connectivity index (χ1n) is 6.68. The Morgan fingerprint density at radius 2 is 2.06 bits per heavy atom. The molecule has 1 saturated heterocycles. The Kier molecular flexibility index (Phi) is 7.01. The first-order valence-corrected chi connectivity index (χ1v) is 6.68. The molecule has 0 bridgehead atoms. The molecule has 1 atom stereocenters. The van der Waals surface area contributed by atoms with Gasteiger partial charge < -0.3 is 15.4 Å². The van der Waals surface area contributed by atoms with Crippen LogP contribution in [0.15, 0.2) is 0 Å². The molecule has 1 heterocycles. The lowest BCUT2D eigenvalue weighted by atomic mass is 9.96. The summed E-state index contributed by atoms with van der Waals surface area (Å²) in [6.45, 7) is 7.45. The molecule has 0 aromatic rings. The van der Waals surface area contributed by atoms with E-state index >= 15 is 0 Å². The summed E-state index contributed by atoms with van der Waals surface area (Å²) in [4.78, 5) is 2.45. The third kappa shape index (κ3) is 5.83. The third-order valence-corrected chi connectivity index (χ3v) is 3.54. The van der Waals surface area contributed by atoms with Crippen molar-refractivity contribution in [3.63, 3.8) is 0 Å². The van der Waals surface area contributed by atoms with Crippen molar-refractivity contribution in [2.24, 2.45) is 17.6 Å². The molecule has 0 aliphatic carbocycles. The highest BCUT2D eigenvalue weighted by atomic mass is 16.5. The van der Waals surface area contributed by atoms with E-state index in [1.807, 2.05) is 0 Å². The fraction of sp³-hybridized carbons (Fsp3) is 1.00. The summed E-state index contributed by atoms with van der Waals surface area (Å²) in [7, 11) is 2.23. The van der Waals surface area contributed by atoms with Gasteiger partial charge in [0.1, 0.15) is 0 Å². The van der Waals surface area contributed by atoms with Crippen LogP contribution in [0, 0.1) is 11.8 Å². The van der Waals surface area contributed by atoms with Gasteiger partial charge in [0.15, 0.2) is 0 Å². The van der Waals surface area contributed by atoms with Crippen LogP contribution in [0.3, 0.4) is 0 Å². The smallest absolute Gasteiger partial charge is 0.0468 e. The van der Waals surface area contributed by atoms with Crippen LogP contribution in [0.1, 0.15) is 32.6 Å². The Bertz CT molecular complexity index is 169. The molecule has 0 aromatic carbocycles. The van der Waals surface area contributed by atoms with Crippen LogP contribution >= 0.6 is 0 Å². The van der Waals surface area contributed by atoms with Gasteiger partial charge in [0.25, 0.3) is 0 Å². The van der Waals surface area contributed by atoms with Gasteiger partial charge in [-0.05, 0) is 57.7 Å². The number of rotatable bonds is 7. The first kappa shape index (κ1) is 13.9. The Morgan fingerprint density at radius 1 is 1.38 bits per heavy atom. The monoisotopic (exact) mass is 228 g/mol. The topological polar surface area (TPSA) is 38.5 Å². The number of nitrogens with zero attached hydrogens (tertiary/aromatic N) is 1. The van der Waals surface area contributed by atoms with Crippen LogP contribution < -0.4 is 5.73 Å². The van der Waals surface area contributed by atoms with Crippen LogP contribution in [-0.4, -0.2) is 44.8 Å². The molecule has 0 saturated carbocycles. The van der Waals surface area contributed by atoms with Gasteiger partial charge in [0, 0.05) is 19.8 Å². The molecule has 1 aliphatic rings. The molecule has 0 spiro atoms. The van der Waals surface area contributed by atoms with Crippen molar-refractivity contribution in [2.45, 2.75) is 32.6 Å². The molecule has 0 radical (unpaired) electrons. The van der Waals surface area contributed by atoms with Crippen molar-refractivity contribution in [1.82, 2.24) is 4.90 Å². The van der Waals surface area contributed by atoms with E-state index in [9.17, 15) is 0 Å². The van der Waals surface area contributed by atoms with Gasteiger partial charge in [-0.25, -0.2) is 0 Å². The van der Waals surface area contributed by atoms with Crippen molar-refractivity contribution in [3.05, 3.63) is 0 Å². The number of nitrogens with two attached hydrogens (primary N) is 1. The lowest BCUT2D eigenvalue weighted by molar-refractivity contribution is 0.0605. The molecule has 16 heavy (non-hydrogen) atoms. The standard InChI is InChI=1S/C13H28N2O/c1-12(3-7-14)11-15(2)8-4-13-5-9-16-10-6-13/h12-13H,3-11,14H2,1-2H3. The Labute approximate surface area is 100 Å². The Morgan fingerprint density at radius 3 is 2.69 bits per heavy atom. The lowest BCUT2D eigenvalue weighted by Crippen LogP contribution is -2.29. The summed E-state index contributed by atoms with van der Waals surface area (Å²) in [6.07, 6.45) is 4.98. The minimum atomic E-state index is 0.727. The fourth-order valence-electron chi connectivity index (χ4n) is 2.44. The zero-order valence-electron chi connectivity index (χ0n) is 11.0. The highest BCUT2D eigenvalue weighted by Crippen LogP contribution is 2.18. The largest absolute Gasteiger partial charge is 0.381 e. The number of hydrogen-bond acceptors (Lipinski definition) is 3. The van der Waals surface area contributed by atoms with Gasteiger partial charge >= 0.3 is 0 Å². The molecular weight excluding hydrogens is 200 g/mol. The van der Waals surface area contributed by atoms with Crippen molar-refractivity contribution in [3.8, 4) is 0 Å². The van der Waals surface area contributed by atoms with Crippen molar-refractivity contribution in [2.75, 3.05) is 39.9 Å². The molecule has 3 heteroatoms. The maximum atomic E-state index is 5.56. The second kappa shape index (κ2) is 8.04. The lowest BCUT2D eigenvalue weighted by Gasteiger charge is -2.26. The zero-order valence-corrected chi connectivity index (χ0v) is 11.0. The van der Waals surface area contributed by atoms with Gasteiger partial charge in [0.05, 0.1) is 0 Å². The average molecular weight is 228 g/mol. The van der Waals surface area contributed by atoms with Crippen LogP contribution in [-0.2, 0) is 4.74 Å². The first-order chi connectivity index (χ1) is 7.72. The summed E-state index contributed by atoms with van der Waals surface area (Å²) >= 11 is 0. The highest BCUT2D eigenvalue weighted by molar-refractivity contribution is 4.66. The molecule has 3 nitrogen and oxygen atoms in total. The average Bonchev–Trinajstić information content (AvgIpc) is 2.28. The summed E-state index contributed by atoms with van der Waals surface area (Å²) in [5, 5.41) is 0. The molecule has 1 unspecified atom stereocenters. The van der Waals surface area contributed by atoms with Gasteiger partial charge in [-0.15, -0.1) is 0 Å². The summed E-state index contributed by atoms with van der Waals surface area (Å²) in [5.41, 5.74) is 5.56. The molecule has 96 valence electrons. The van der Waals surface area contributed by atoms with E-state index in [-0.39, 0.29) is 0 Å². The van der Waals surface area contributed by atoms with E-state index in [4.69, 9.17) is 10.5 Å². The molecule has 0 amide bonds. The number of ether oxygens (including phenoxy) is 1. The van der Waals surface area contributed by atoms with E-state index in [0.717, 1.165) is 38.0 Å². The fourth-order valence-corrected chi connectivity index (χ4v) is 2.44. The van der Waals surface area contributed by atoms with E-state index in [1.54, 1.807) is 0 Å². The van der Waals surface area contributed by atoms with Crippen molar-refractivity contribution < 1.29 is 4.74 Å². The van der Waals surface area contributed by atoms with Gasteiger partial charge in [-0.2, -0.15) is 0 Å². The van der Waals surface area contributed by atoms with Gasteiger partial charge in [-0.3, -0.25) is 0 Å². The number of hydrogen-bond donors (Lipinski definition) is 1. The van der Waals surface area contributed by atoms with Crippen LogP contribution in [0.4, 0.5) is 0 Å². The Hall–Kier alpha value is -0.120. The van der Waals surface area contributed by atoms with E-state index in [0.29, 0.717) is 0 Å². The maximum absolute atomic E-state index is 5.56. The normalized spacial score (nSPS) is 20.2. The molecule has 1 rings (SSSR count). The quantitative estimate of drug-likeness (QED) is 0.721. The predicted octanol–water partition coefficient (Wildman–Crippen LogP) is 1.72. The maximum Gasteiger partial charge on any atom is 0.0468 e. The van der Waals surface area contributed by atoms with Crippen LogP contribution in [0.25, 0.3) is 0 Å². The SMILES string of the molecule is CC(CCN)CN(C)CCC1CCOCC1. The summed E-state index contributed by atoms with van der Waals surface area (Å²) in [5.74, 6) is 1.62. The Balaban J connectivity index is 2.06. The van der Waals surface area contributed by atoms with Crippen LogP contribution in [0.5, 0.6) is 0 Å². The zero-order chi connectivity index (χ0) is 11.8. The molecule has 2 N–H and O–H groups in total. The van der Waals surface area contributed by atoms with Crippen molar-refractivity contribution >= 4 is 0 Å². The molecule has 1 fully saturated rings. The van der Waals surface area contributed by atoms with Crippen molar-refractivity contribution in [1.29, 1.82) is 0 Å². The minimum Gasteiger partial charge on any atom is -0.381 e. The highest BCUT2D eigenvalue weighted by Gasteiger charge is 2.14. The predicted molar refractivity (Wildman–Crippen MR) is 68.5 cm³/mol. The van der Waals surface area contributed by atoms with Gasteiger partial charge in [-0.1, -0.05) is 6.92 Å². The summed E-state index contributed by atoms with van der Waals surface area (Å²) in [6, 6.07) is 0. The second-order valence-corrected chi connectivity index (χ2v) is 5.29. The molecule has 1 aliphatic heterocycles. The van der Waals surface area contributed by atoms with E-state index in [1.165, 1.54) is 32.4 Å². The minimum absolute atomic E-state index is 0.727. The van der Waals surface area contributed by atoms with E-state index in [2.05, 4.69) is 18.9 Å². The van der Waals surface area contributed by atoms with E-state index < -0.39 is 0 Å². The molecular formula is C13H28N2O. The summed E-state index contributed by atoms with van der Waals surface area (Å²) < 4.78 is 5.38. The second-order valence-electron chi connectivity index (χ2n) is 5.29. The van der Waals surface area contributed by atoms with Gasteiger partial charge in [0.2, 0.25) is 0 Å². The third-order valence-electron chi connectivity index (χ3n) is 3.54. The van der Waals surface area contributed by atoms with Crippen LogP contribution in [0.2, 0.25) is 0 Å². The molecule has 0 aromatic heterocycles.